The zero-order valence-electron chi connectivity index (χ0n) is 27.4. The van der Waals surface area contributed by atoms with Gasteiger partial charge in [0.25, 0.3) is 0 Å². The maximum atomic E-state index is 15.1. The molecule has 2 aromatic carbocycles. The van der Waals surface area contributed by atoms with E-state index in [0.717, 1.165) is 28.4 Å². The molecule has 7 rings (SSSR count). The molecular weight excluding hydrogens is 697 g/mol. The quantitative estimate of drug-likeness (QED) is 0.185. The summed E-state index contributed by atoms with van der Waals surface area (Å²) in [7, 11) is 0. The summed E-state index contributed by atoms with van der Waals surface area (Å²) < 4.78 is 54.5. The fraction of sp³-hybridized carbons (Fsp3) is 0.412. The van der Waals surface area contributed by atoms with Gasteiger partial charge in [0.2, 0.25) is 0 Å². The summed E-state index contributed by atoms with van der Waals surface area (Å²) in [4.78, 5) is 40.5. The highest BCUT2D eigenvalue weighted by atomic mass is 35.5. The molecule has 2 aliphatic rings. The second kappa shape index (κ2) is 12.2. The molecule has 0 unspecified atom stereocenters. The zero-order valence-corrected chi connectivity index (χ0v) is 29.8. The van der Waals surface area contributed by atoms with Crippen molar-refractivity contribution in [2.24, 2.45) is 0 Å². The van der Waals surface area contributed by atoms with Crippen LogP contribution in [-0.4, -0.2) is 66.6 Å². The minimum atomic E-state index is -4.72. The summed E-state index contributed by atoms with van der Waals surface area (Å²) in [5, 5.41) is 2.16. The normalized spacial score (nSPS) is 20.2. The van der Waals surface area contributed by atoms with Gasteiger partial charge < -0.3 is 14.2 Å². The van der Waals surface area contributed by atoms with E-state index in [-0.39, 0.29) is 54.5 Å². The van der Waals surface area contributed by atoms with Crippen LogP contribution in [0.25, 0.3) is 32.4 Å². The number of amides is 1. The van der Waals surface area contributed by atoms with Gasteiger partial charge in [0.05, 0.1) is 51.6 Å². The van der Waals surface area contributed by atoms with Crippen molar-refractivity contribution in [2.75, 3.05) is 23.7 Å². The molecule has 2 aliphatic heterocycles. The van der Waals surface area contributed by atoms with Gasteiger partial charge in [-0.05, 0) is 58.9 Å². The van der Waals surface area contributed by atoms with Crippen molar-refractivity contribution in [3.8, 4) is 10.4 Å². The number of thioether (sulfide) groups is 1. The number of imidazole rings is 1. The smallest absolute Gasteiger partial charge is 0.417 e. The average molecular weight is 731 g/mol. The lowest BCUT2D eigenvalue weighted by molar-refractivity contribution is -0.137. The lowest BCUT2D eigenvalue weighted by atomic mass is 10.0. The zero-order chi connectivity index (χ0) is 35.0. The second-order valence-corrected chi connectivity index (χ2v) is 16.0. The highest BCUT2D eigenvalue weighted by molar-refractivity contribution is 7.99. The van der Waals surface area contributed by atoms with Gasteiger partial charge >= 0.3 is 18.0 Å². The number of halogens is 4. The number of carbonyl (C=O) groups excluding carboxylic acids is 1. The third-order valence-electron chi connectivity index (χ3n) is 8.83. The highest BCUT2D eigenvalue weighted by Gasteiger charge is 2.41. The summed E-state index contributed by atoms with van der Waals surface area (Å²) in [6.45, 7) is 9.74. The third kappa shape index (κ3) is 6.16. The fourth-order valence-electron chi connectivity index (χ4n) is 6.91. The molecule has 0 bridgehead atoms. The molecule has 0 radical (unpaired) electrons. The molecule has 3 atom stereocenters. The van der Waals surface area contributed by atoms with E-state index in [1.807, 2.05) is 47.6 Å². The Bertz CT molecular complexity index is 2150. The number of rotatable bonds is 3. The van der Waals surface area contributed by atoms with Crippen molar-refractivity contribution in [2.45, 2.75) is 76.0 Å². The SMILES string of the molecule is C[C@@H]1CN(c2nc(=O)n3c4c(c(-c5cc(Cl)cs5)c(C(F)(F)F)cc24)SC[C@@H](n2cnc4ccccc42)C3)C[C@H](C)N1C(=O)OC(C)(C)C. The maximum Gasteiger partial charge on any atom is 0.417 e. The standard InChI is InChI=1S/C34H34ClF3N6O3S2/c1-18-12-41(13-19(2)44(18)32(46)47-33(3,4)5)30-22-11-23(34(36,37)38)27(26-10-20(35)15-48-26)29-28(22)42(31(45)40-30)14-21(16-49-29)43-17-39-24-8-6-7-9-25(24)43/h6-11,15,17-19,21H,12-14,16H2,1-5H3/t18-,19+,21-/m0/s1. The first-order valence-electron chi connectivity index (χ1n) is 15.8. The number of para-hydroxylation sites is 2. The number of carbonyl (C=O) groups is 1. The lowest BCUT2D eigenvalue weighted by Crippen LogP contribution is -2.59. The molecule has 5 aromatic rings. The Balaban J connectivity index is 1.42. The molecule has 0 aliphatic carbocycles. The van der Waals surface area contributed by atoms with E-state index in [0.29, 0.717) is 26.1 Å². The Morgan fingerprint density at radius 3 is 2.43 bits per heavy atom. The van der Waals surface area contributed by atoms with Crippen LogP contribution in [0, 0.1) is 0 Å². The summed E-state index contributed by atoms with van der Waals surface area (Å²) in [5.41, 5.74) is -0.0496. The first-order chi connectivity index (χ1) is 23.1. The maximum absolute atomic E-state index is 15.1. The fourth-order valence-corrected chi connectivity index (χ4v) is 9.46. The molecule has 258 valence electrons. The summed E-state index contributed by atoms with van der Waals surface area (Å²) in [6, 6.07) is 9.21. The van der Waals surface area contributed by atoms with Crippen LogP contribution in [0.5, 0.6) is 0 Å². The topological polar surface area (TPSA) is 85.5 Å². The number of benzene rings is 2. The number of thiophene rings is 1. The van der Waals surface area contributed by atoms with Gasteiger partial charge in [-0.15, -0.1) is 23.1 Å². The molecule has 15 heteroatoms. The van der Waals surface area contributed by atoms with E-state index in [4.69, 9.17) is 16.3 Å². The minimum Gasteiger partial charge on any atom is -0.444 e. The third-order valence-corrected chi connectivity index (χ3v) is 11.4. The van der Waals surface area contributed by atoms with Gasteiger partial charge in [0.15, 0.2) is 0 Å². The van der Waals surface area contributed by atoms with Gasteiger partial charge in [-0.1, -0.05) is 23.7 Å². The predicted molar refractivity (Wildman–Crippen MR) is 188 cm³/mol. The lowest BCUT2D eigenvalue weighted by Gasteiger charge is -2.45. The Kier molecular flexibility index (Phi) is 8.42. The van der Waals surface area contributed by atoms with Gasteiger partial charge in [-0.3, -0.25) is 9.47 Å². The van der Waals surface area contributed by atoms with Crippen molar-refractivity contribution >= 4 is 68.5 Å². The Labute approximate surface area is 293 Å². The summed E-state index contributed by atoms with van der Waals surface area (Å²) in [6.07, 6.45) is -3.48. The molecule has 9 nitrogen and oxygen atoms in total. The van der Waals surface area contributed by atoms with Crippen LogP contribution >= 0.6 is 34.7 Å². The van der Waals surface area contributed by atoms with E-state index < -0.39 is 29.1 Å². The molecule has 1 amide bonds. The van der Waals surface area contributed by atoms with Crippen LogP contribution in [0.4, 0.5) is 23.8 Å². The van der Waals surface area contributed by atoms with Crippen molar-refractivity contribution in [3.63, 3.8) is 0 Å². The predicted octanol–water partition coefficient (Wildman–Crippen LogP) is 8.33. The highest BCUT2D eigenvalue weighted by Crippen LogP contribution is 2.50. The number of hydrogen-bond acceptors (Lipinski definition) is 8. The van der Waals surface area contributed by atoms with E-state index >= 15 is 13.2 Å². The van der Waals surface area contributed by atoms with E-state index in [9.17, 15) is 9.59 Å². The van der Waals surface area contributed by atoms with Crippen LogP contribution in [-0.2, 0) is 17.5 Å². The molecule has 5 heterocycles. The largest absolute Gasteiger partial charge is 0.444 e. The molecule has 3 aromatic heterocycles. The van der Waals surface area contributed by atoms with Crippen molar-refractivity contribution < 1.29 is 22.7 Å². The Morgan fingerprint density at radius 1 is 1.06 bits per heavy atom. The van der Waals surface area contributed by atoms with Crippen molar-refractivity contribution in [3.05, 3.63) is 69.2 Å². The van der Waals surface area contributed by atoms with Crippen LogP contribution in [0.3, 0.4) is 0 Å². The molecule has 49 heavy (non-hydrogen) atoms. The van der Waals surface area contributed by atoms with Gasteiger partial charge in [0.1, 0.15) is 11.4 Å². The first kappa shape index (κ1) is 33.7. The van der Waals surface area contributed by atoms with Gasteiger partial charge in [-0.25, -0.2) is 14.6 Å². The summed E-state index contributed by atoms with van der Waals surface area (Å²) in [5.74, 6) is 0.538. The molecular formula is C34H34ClF3N6O3S2. The monoisotopic (exact) mass is 730 g/mol. The molecule has 1 fully saturated rings. The number of fused-ring (bicyclic) bond motifs is 1. The molecule has 0 N–H and O–H groups in total. The Hall–Kier alpha value is -3.75. The van der Waals surface area contributed by atoms with Crippen LogP contribution in [0.15, 0.2) is 57.8 Å². The molecule has 0 saturated carbocycles. The number of ether oxygens (including phenoxy) is 1. The number of nitrogens with zero attached hydrogens (tertiary/aromatic N) is 6. The second-order valence-electron chi connectivity index (χ2n) is 13.6. The van der Waals surface area contributed by atoms with Gasteiger partial charge in [0, 0.05) is 51.5 Å². The number of anilines is 1. The van der Waals surface area contributed by atoms with E-state index in [1.165, 1.54) is 22.4 Å². The van der Waals surface area contributed by atoms with Gasteiger partial charge in [-0.2, -0.15) is 18.2 Å². The van der Waals surface area contributed by atoms with Crippen molar-refractivity contribution in [1.29, 1.82) is 0 Å². The number of aromatic nitrogens is 4. The number of hydrogen-bond donors (Lipinski definition) is 0. The number of alkyl halides is 3. The molecule has 1 saturated heterocycles. The van der Waals surface area contributed by atoms with Crippen LogP contribution < -0.4 is 10.6 Å². The summed E-state index contributed by atoms with van der Waals surface area (Å²) >= 11 is 8.69. The van der Waals surface area contributed by atoms with Crippen molar-refractivity contribution in [1.82, 2.24) is 24.0 Å². The molecule has 0 spiro atoms. The van der Waals surface area contributed by atoms with Crippen LogP contribution in [0.1, 0.15) is 46.2 Å². The average Bonchev–Trinajstić information content (AvgIpc) is 3.58. The van der Waals surface area contributed by atoms with E-state index in [1.54, 1.807) is 37.4 Å². The van der Waals surface area contributed by atoms with Crippen LogP contribution in [0.2, 0.25) is 5.02 Å². The Morgan fingerprint density at radius 2 is 1.78 bits per heavy atom. The minimum absolute atomic E-state index is 0.000166. The van der Waals surface area contributed by atoms with E-state index in [2.05, 4.69) is 9.97 Å². The number of piperazine rings is 1. The first-order valence-corrected chi connectivity index (χ1v) is 18.1.